The number of rotatable bonds is 5. The van der Waals surface area contributed by atoms with Crippen LogP contribution in [0.1, 0.15) is 5.56 Å². The number of fused-ring (bicyclic) bond motifs is 2. The lowest BCUT2D eigenvalue weighted by molar-refractivity contribution is -0.137. The zero-order chi connectivity index (χ0) is 27.3. The number of nitrogens with one attached hydrogen (secondary N) is 1. The van der Waals surface area contributed by atoms with E-state index >= 15 is 0 Å². The first kappa shape index (κ1) is 25.2. The van der Waals surface area contributed by atoms with Crippen LogP contribution < -0.4 is 15.0 Å². The molecular weight excluding hydrogens is 535 g/mol. The monoisotopic (exact) mass is 557 g/mol. The van der Waals surface area contributed by atoms with Gasteiger partial charge < -0.3 is 24.4 Å². The summed E-state index contributed by atoms with van der Waals surface area (Å²) in [6, 6.07) is 3.95. The van der Waals surface area contributed by atoms with Crippen LogP contribution in [0.5, 0.6) is 11.5 Å². The van der Waals surface area contributed by atoms with Gasteiger partial charge in [0, 0.05) is 57.0 Å². The minimum Gasteiger partial charge on any atom is -0.450 e. The van der Waals surface area contributed by atoms with Gasteiger partial charge in [0.2, 0.25) is 5.95 Å². The number of aryl methyl sites for hydroxylation is 1. The molecule has 5 heterocycles. The molecule has 5 aromatic rings. The Morgan fingerprint density at radius 2 is 1.79 bits per heavy atom. The Morgan fingerprint density at radius 1 is 1.00 bits per heavy atom. The predicted molar refractivity (Wildman–Crippen MR) is 141 cm³/mol. The number of aromatic nitrogens is 6. The van der Waals surface area contributed by atoms with Gasteiger partial charge in [0.05, 0.1) is 24.2 Å². The number of hydrogen-bond donors (Lipinski definition) is 1. The molecule has 0 atom stereocenters. The number of likely N-dealkylation sites (N-methyl/N-ethyl adjacent to an activating group) is 1. The summed E-state index contributed by atoms with van der Waals surface area (Å²) >= 11 is 6.70. The number of anilines is 3. The predicted octanol–water partition coefficient (Wildman–Crippen LogP) is 4.97. The van der Waals surface area contributed by atoms with Crippen molar-refractivity contribution in [1.82, 2.24) is 34.0 Å². The molecule has 0 unspecified atom stereocenters. The van der Waals surface area contributed by atoms with E-state index in [1.165, 1.54) is 12.3 Å². The van der Waals surface area contributed by atoms with E-state index in [4.69, 9.17) is 16.3 Å². The zero-order valence-electron chi connectivity index (χ0n) is 20.9. The van der Waals surface area contributed by atoms with Crippen molar-refractivity contribution >= 4 is 45.6 Å². The Kier molecular flexibility index (Phi) is 6.19. The molecule has 14 heteroatoms. The summed E-state index contributed by atoms with van der Waals surface area (Å²) in [6.45, 7) is 2.80. The zero-order valence-corrected chi connectivity index (χ0v) is 21.7. The van der Waals surface area contributed by atoms with Gasteiger partial charge in [-0.3, -0.25) is 4.98 Å². The molecule has 1 aliphatic heterocycles. The summed E-state index contributed by atoms with van der Waals surface area (Å²) in [5, 5.41) is 7.50. The summed E-state index contributed by atoms with van der Waals surface area (Å²) < 4.78 is 50.6. The molecule has 0 amide bonds. The number of alkyl halides is 3. The second-order valence-corrected chi connectivity index (χ2v) is 9.68. The number of nitrogens with zero attached hydrogens (tertiary/aromatic N) is 8. The number of benzene rings is 1. The second kappa shape index (κ2) is 9.58. The maximum absolute atomic E-state index is 13.8. The highest BCUT2D eigenvalue weighted by Gasteiger charge is 2.32. The fraction of sp³-hybridized carbons (Fsp3) is 0.280. The van der Waals surface area contributed by atoms with Crippen molar-refractivity contribution in [2.24, 2.45) is 7.05 Å². The molecule has 39 heavy (non-hydrogen) atoms. The number of ether oxygens (including phenoxy) is 1. The van der Waals surface area contributed by atoms with E-state index in [-0.39, 0.29) is 22.4 Å². The Morgan fingerprint density at radius 3 is 2.56 bits per heavy atom. The number of imidazole rings is 1. The average molecular weight is 558 g/mol. The van der Waals surface area contributed by atoms with Crippen molar-refractivity contribution in [2.45, 2.75) is 6.18 Å². The first-order valence-corrected chi connectivity index (χ1v) is 12.4. The molecule has 1 saturated heterocycles. The molecule has 1 fully saturated rings. The van der Waals surface area contributed by atoms with E-state index in [0.717, 1.165) is 19.2 Å². The van der Waals surface area contributed by atoms with Crippen LogP contribution >= 0.6 is 11.6 Å². The van der Waals surface area contributed by atoms with Gasteiger partial charge in [-0.2, -0.15) is 23.3 Å². The SMILES string of the molecule is CN1CCN(c2cc(Nc3nc4ncc(Oc5cnn6ccncc56)c(Cl)c4n3C)cc(C(F)(F)F)c2)CC1. The van der Waals surface area contributed by atoms with Gasteiger partial charge in [-0.1, -0.05) is 11.6 Å². The highest BCUT2D eigenvalue weighted by molar-refractivity contribution is 6.36. The van der Waals surface area contributed by atoms with Crippen molar-refractivity contribution in [3.63, 3.8) is 0 Å². The van der Waals surface area contributed by atoms with E-state index in [1.54, 1.807) is 47.0 Å². The Hall–Kier alpha value is -4.10. The van der Waals surface area contributed by atoms with Gasteiger partial charge in [-0.15, -0.1) is 0 Å². The highest BCUT2D eigenvalue weighted by Crippen LogP contribution is 2.38. The van der Waals surface area contributed by atoms with Crippen LogP contribution in [0.3, 0.4) is 0 Å². The van der Waals surface area contributed by atoms with Gasteiger partial charge in [-0.05, 0) is 25.2 Å². The fourth-order valence-corrected chi connectivity index (χ4v) is 4.83. The Bertz CT molecular complexity index is 1680. The summed E-state index contributed by atoms with van der Waals surface area (Å²) in [5.74, 6) is 0.987. The molecule has 1 aliphatic rings. The quantitative estimate of drug-likeness (QED) is 0.324. The van der Waals surface area contributed by atoms with Crippen LogP contribution in [0.2, 0.25) is 5.02 Å². The molecule has 4 aromatic heterocycles. The highest BCUT2D eigenvalue weighted by atomic mass is 35.5. The van der Waals surface area contributed by atoms with E-state index in [1.807, 2.05) is 11.9 Å². The van der Waals surface area contributed by atoms with Crippen molar-refractivity contribution < 1.29 is 17.9 Å². The number of halogens is 4. The third-order valence-electron chi connectivity index (χ3n) is 6.68. The smallest absolute Gasteiger partial charge is 0.416 e. The minimum absolute atomic E-state index is 0.244. The maximum atomic E-state index is 13.8. The topological polar surface area (TPSA) is 88.6 Å². The summed E-state index contributed by atoms with van der Waals surface area (Å²) in [5.41, 5.74) is 1.41. The lowest BCUT2D eigenvalue weighted by Gasteiger charge is -2.34. The number of hydrogen-bond acceptors (Lipinski definition) is 8. The molecule has 1 N–H and O–H groups in total. The number of piperazine rings is 1. The third kappa shape index (κ3) is 4.79. The van der Waals surface area contributed by atoms with E-state index < -0.39 is 11.7 Å². The molecule has 0 bridgehead atoms. The maximum Gasteiger partial charge on any atom is 0.416 e. The van der Waals surface area contributed by atoms with Crippen molar-refractivity contribution in [3.8, 4) is 11.5 Å². The van der Waals surface area contributed by atoms with Crippen LogP contribution in [0.25, 0.3) is 16.7 Å². The average Bonchev–Trinajstić information content (AvgIpc) is 3.46. The fourth-order valence-electron chi connectivity index (χ4n) is 4.53. The van der Waals surface area contributed by atoms with Crippen molar-refractivity contribution in [3.05, 3.63) is 59.8 Å². The van der Waals surface area contributed by atoms with Crippen LogP contribution in [-0.2, 0) is 13.2 Å². The third-order valence-corrected chi connectivity index (χ3v) is 7.05. The van der Waals surface area contributed by atoms with E-state index in [2.05, 4.69) is 30.3 Å². The minimum atomic E-state index is -4.50. The lowest BCUT2D eigenvalue weighted by atomic mass is 10.1. The second-order valence-electron chi connectivity index (χ2n) is 9.30. The van der Waals surface area contributed by atoms with Crippen LogP contribution in [-0.4, -0.2) is 67.3 Å². The summed E-state index contributed by atoms with van der Waals surface area (Å²) in [6.07, 6.45) is 3.38. The van der Waals surface area contributed by atoms with E-state index in [9.17, 15) is 13.2 Å². The first-order chi connectivity index (χ1) is 18.7. The molecule has 1 aromatic carbocycles. The molecule has 202 valence electrons. The molecule has 0 saturated carbocycles. The largest absolute Gasteiger partial charge is 0.450 e. The van der Waals surface area contributed by atoms with Crippen LogP contribution in [0, 0.1) is 0 Å². The van der Waals surface area contributed by atoms with Gasteiger partial charge in [0.1, 0.15) is 16.1 Å². The molecule has 0 aliphatic carbocycles. The molecule has 0 radical (unpaired) electrons. The molecule has 0 spiro atoms. The standard InChI is InChI=1S/C25H23ClF3N9O/c1-35-5-7-37(8-6-35)17-10-15(25(27,28)29)9-16(11-17)33-24-34-23-22(36(24)2)21(26)20(13-31-23)39-19-14-32-38-4-3-30-12-18(19)38/h3-4,9-14H,5-8H2,1-2H3,(H,31,33,34). The van der Waals surface area contributed by atoms with Gasteiger partial charge in [0.15, 0.2) is 17.1 Å². The lowest BCUT2D eigenvalue weighted by Crippen LogP contribution is -2.44. The van der Waals surface area contributed by atoms with E-state index in [0.29, 0.717) is 41.2 Å². The van der Waals surface area contributed by atoms with Gasteiger partial charge >= 0.3 is 6.18 Å². The Balaban J connectivity index is 1.34. The van der Waals surface area contributed by atoms with Gasteiger partial charge in [0.25, 0.3) is 0 Å². The molecule has 6 rings (SSSR count). The molecular formula is C25H23ClF3N9O. The van der Waals surface area contributed by atoms with Crippen molar-refractivity contribution in [2.75, 3.05) is 43.4 Å². The van der Waals surface area contributed by atoms with Crippen molar-refractivity contribution in [1.29, 1.82) is 0 Å². The first-order valence-electron chi connectivity index (χ1n) is 12.1. The normalized spacial score (nSPS) is 14.9. The summed E-state index contributed by atoms with van der Waals surface area (Å²) in [7, 11) is 3.69. The van der Waals surface area contributed by atoms with Gasteiger partial charge in [-0.25, -0.2) is 9.50 Å². The Labute approximate surface area is 225 Å². The van der Waals surface area contributed by atoms with Crippen LogP contribution in [0.4, 0.5) is 30.5 Å². The van der Waals surface area contributed by atoms with Crippen LogP contribution in [0.15, 0.2) is 49.2 Å². The molecule has 10 nitrogen and oxygen atoms in total. The summed E-state index contributed by atoms with van der Waals surface area (Å²) in [4.78, 5) is 17.0. The number of pyridine rings is 1.